The zero-order valence-corrected chi connectivity index (χ0v) is 8.91. The van der Waals surface area contributed by atoms with Crippen LogP contribution in [-0.2, 0) is 0 Å². The van der Waals surface area contributed by atoms with Gasteiger partial charge in [0.05, 0.1) is 13.2 Å². The van der Waals surface area contributed by atoms with Gasteiger partial charge < -0.3 is 15.6 Å². The summed E-state index contributed by atoms with van der Waals surface area (Å²) in [6.07, 6.45) is -0.649. The lowest BCUT2D eigenvalue weighted by molar-refractivity contribution is 0.185. The van der Waals surface area contributed by atoms with Gasteiger partial charge >= 0.3 is 0 Å². The Morgan fingerprint density at radius 2 is 2.31 bits per heavy atom. The van der Waals surface area contributed by atoms with E-state index in [9.17, 15) is 5.11 Å². The van der Waals surface area contributed by atoms with Crippen LogP contribution in [0.15, 0.2) is 22.7 Å². The van der Waals surface area contributed by atoms with E-state index in [1.807, 2.05) is 12.1 Å². The lowest BCUT2D eigenvalue weighted by Gasteiger charge is -2.11. The molecule has 0 aliphatic rings. The number of hydrogen-bond donors (Lipinski definition) is 2. The molecule has 3 N–H and O–H groups in total. The van der Waals surface area contributed by atoms with Gasteiger partial charge in [0, 0.05) is 11.0 Å². The van der Waals surface area contributed by atoms with E-state index in [4.69, 9.17) is 10.5 Å². The van der Waals surface area contributed by atoms with Crippen LogP contribution in [0, 0.1) is 0 Å². The summed E-state index contributed by atoms with van der Waals surface area (Å²) in [6.45, 7) is 0.200. The number of benzene rings is 1. The highest BCUT2D eigenvalue weighted by Gasteiger charge is 2.10. The summed E-state index contributed by atoms with van der Waals surface area (Å²) in [4.78, 5) is 0. The first kappa shape index (κ1) is 10.5. The van der Waals surface area contributed by atoms with Crippen molar-refractivity contribution in [1.29, 1.82) is 0 Å². The monoisotopic (exact) mass is 245 g/mol. The first-order valence-corrected chi connectivity index (χ1v) is 4.70. The molecule has 1 rings (SSSR count). The van der Waals surface area contributed by atoms with Gasteiger partial charge in [-0.3, -0.25) is 0 Å². The van der Waals surface area contributed by atoms with Gasteiger partial charge in [0.15, 0.2) is 0 Å². The van der Waals surface area contributed by atoms with Crippen molar-refractivity contribution in [2.24, 2.45) is 5.73 Å². The Morgan fingerprint density at radius 3 is 2.85 bits per heavy atom. The maximum atomic E-state index is 9.52. The van der Waals surface area contributed by atoms with E-state index in [-0.39, 0.29) is 6.54 Å². The summed E-state index contributed by atoms with van der Waals surface area (Å²) in [6, 6.07) is 5.41. The average Bonchev–Trinajstić information content (AvgIpc) is 2.17. The number of aliphatic hydroxyl groups is 1. The number of ether oxygens (including phenoxy) is 1. The van der Waals surface area contributed by atoms with Crippen molar-refractivity contribution in [1.82, 2.24) is 0 Å². The maximum absolute atomic E-state index is 9.52. The highest BCUT2D eigenvalue weighted by atomic mass is 79.9. The van der Waals surface area contributed by atoms with Crippen molar-refractivity contribution < 1.29 is 9.84 Å². The first-order valence-electron chi connectivity index (χ1n) is 3.90. The van der Waals surface area contributed by atoms with Crippen LogP contribution in [0.3, 0.4) is 0 Å². The maximum Gasteiger partial charge on any atom is 0.119 e. The third-order valence-electron chi connectivity index (χ3n) is 1.79. The van der Waals surface area contributed by atoms with E-state index in [1.165, 1.54) is 0 Å². The van der Waals surface area contributed by atoms with Gasteiger partial charge in [-0.25, -0.2) is 0 Å². The number of aliphatic hydroxyl groups excluding tert-OH is 1. The largest absolute Gasteiger partial charge is 0.497 e. The first-order chi connectivity index (χ1) is 6.19. The van der Waals surface area contributed by atoms with Gasteiger partial charge in [0.1, 0.15) is 5.75 Å². The molecule has 1 aromatic carbocycles. The normalized spacial score (nSPS) is 12.6. The summed E-state index contributed by atoms with van der Waals surface area (Å²) < 4.78 is 5.87. The molecule has 13 heavy (non-hydrogen) atoms. The van der Waals surface area contributed by atoms with E-state index in [0.29, 0.717) is 5.75 Å². The molecule has 4 heteroatoms. The Balaban J connectivity index is 3.03. The molecule has 72 valence electrons. The van der Waals surface area contributed by atoms with E-state index in [2.05, 4.69) is 15.9 Å². The van der Waals surface area contributed by atoms with Crippen LogP contribution in [0.1, 0.15) is 11.7 Å². The van der Waals surface area contributed by atoms with Crippen molar-refractivity contribution in [2.45, 2.75) is 6.10 Å². The number of nitrogens with two attached hydrogens (primary N) is 1. The molecule has 0 spiro atoms. The topological polar surface area (TPSA) is 55.5 Å². The van der Waals surface area contributed by atoms with Crippen molar-refractivity contribution in [2.75, 3.05) is 13.7 Å². The predicted molar refractivity (Wildman–Crippen MR) is 54.7 cm³/mol. The number of rotatable bonds is 3. The van der Waals surface area contributed by atoms with Gasteiger partial charge in [-0.05, 0) is 23.8 Å². The second kappa shape index (κ2) is 4.60. The van der Waals surface area contributed by atoms with Crippen LogP contribution in [-0.4, -0.2) is 18.8 Å². The van der Waals surface area contributed by atoms with Crippen LogP contribution in [0.4, 0.5) is 0 Å². The van der Waals surface area contributed by atoms with Gasteiger partial charge in [-0.1, -0.05) is 15.9 Å². The fraction of sp³-hybridized carbons (Fsp3) is 0.333. The van der Waals surface area contributed by atoms with Gasteiger partial charge in [0.25, 0.3) is 0 Å². The molecule has 1 aromatic rings. The molecule has 0 aliphatic carbocycles. The number of methoxy groups -OCH3 is 1. The highest BCUT2D eigenvalue weighted by Crippen LogP contribution is 2.27. The summed E-state index contributed by atoms with van der Waals surface area (Å²) >= 11 is 3.33. The van der Waals surface area contributed by atoms with Crippen molar-refractivity contribution in [3.05, 3.63) is 28.2 Å². The Hall–Kier alpha value is -0.580. The van der Waals surface area contributed by atoms with Crippen LogP contribution < -0.4 is 10.5 Å². The second-order valence-corrected chi connectivity index (χ2v) is 3.49. The standard InChI is InChI=1S/C9H12BrNO2/c1-13-6-2-3-8(10)7(4-6)9(12)5-11/h2-4,9,12H,5,11H2,1H3/t9-/m0/s1. The Labute approximate surface area is 85.6 Å². The van der Waals surface area contributed by atoms with Gasteiger partial charge in [-0.15, -0.1) is 0 Å². The lowest BCUT2D eigenvalue weighted by atomic mass is 10.1. The predicted octanol–water partition coefficient (Wildman–Crippen LogP) is 1.45. The molecule has 0 bridgehead atoms. The number of halogens is 1. The molecule has 0 saturated carbocycles. The summed E-state index contributed by atoms with van der Waals surface area (Å²) in [5.74, 6) is 0.714. The van der Waals surface area contributed by atoms with Crippen molar-refractivity contribution in [3.8, 4) is 5.75 Å². The molecule has 1 atom stereocenters. The zero-order valence-electron chi connectivity index (χ0n) is 7.33. The minimum Gasteiger partial charge on any atom is -0.497 e. The molecule has 0 aromatic heterocycles. The Bertz CT molecular complexity index is 291. The lowest BCUT2D eigenvalue weighted by Crippen LogP contribution is -2.12. The zero-order chi connectivity index (χ0) is 9.84. The van der Waals surface area contributed by atoms with Gasteiger partial charge in [0.2, 0.25) is 0 Å². The third kappa shape index (κ3) is 2.43. The van der Waals surface area contributed by atoms with E-state index in [0.717, 1.165) is 10.0 Å². The molecular formula is C9H12BrNO2. The second-order valence-electron chi connectivity index (χ2n) is 2.64. The SMILES string of the molecule is COc1ccc(Br)c([C@@H](O)CN)c1. The van der Waals surface area contributed by atoms with Gasteiger partial charge in [-0.2, -0.15) is 0 Å². The average molecular weight is 246 g/mol. The molecule has 0 heterocycles. The fourth-order valence-electron chi connectivity index (χ4n) is 1.03. The van der Waals surface area contributed by atoms with Crippen molar-refractivity contribution in [3.63, 3.8) is 0 Å². The number of hydrogen-bond acceptors (Lipinski definition) is 3. The molecule has 0 radical (unpaired) electrons. The molecule has 0 aliphatic heterocycles. The molecule has 0 saturated heterocycles. The molecule has 0 unspecified atom stereocenters. The van der Waals surface area contributed by atoms with E-state index in [1.54, 1.807) is 13.2 Å². The highest BCUT2D eigenvalue weighted by molar-refractivity contribution is 9.10. The summed E-state index contributed by atoms with van der Waals surface area (Å²) in [5, 5.41) is 9.52. The van der Waals surface area contributed by atoms with Crippen LogP contribution in [0.2, 0.25) is 0 Å². The van der Waals surface area contributed by atoms with Crippen LogP contribution in [0.5, 0.6) is 5.75 Å². The molecule has 3 nitrogen and oxygen atoms in total. The smallest absolute Gasteiger partial charge is 0.119 e. The molecule has 0 fully saturated rings. The Morgan fingerprint density at radius 1 is 1.62 bits per heavy atom. The van der Waals surface area contributed by atoms with Crippen LogP contribution in [0.25, 0.3) is 0 Å². The Kier molecular flexibility index (Phi) is 3.71. The van der Waals surface area contributed by atoms with Crippen LogP contribution >= 0.6 is 15.9 Å². The van der Waals surface area contributed by atoms with E-state index < -0.39 is 6.10 Å². The van der Waals surface area contributed by atoms with E-state index >= 15 is 0 Å². The fourth-order valence-corrected chi connectivity index (χ4v) is 1.54. The molecular weight excluding hydrogens is 234 g/mol. The summed E-state index contributed by atoms with van der Waals surface area (Å²) in [7, 11) is 1.59. The third-order valence-corrected chi connectivity index (χ3v) is 2.51. The van der Waals surface area contributed by atoms with Crippen molar-refractivity contribution >= 4 is 15.9 Å². The molecule has 0 amide bonds. The quantitative estimate of drug-likeness (QED) is 0.848. The summed E-state index contributed by atoms with van der Waals surface area (Å²) in [5.41, 5.74) is 6.10. The minimum absolute atomic E-state index is 0.200. The minimum atomic E-state index is -0.649.